The van der Waals surface area contributed by atoms with Crippen molar-refractivity contribution in [3.63, 3.8) is 0 Å². The number of aromatic nitrogens is 3. The van der Waals surface area contributed by atoms with Crippen LogP contribution in [0.5, 0.6) is 0 Å². The van der Waals surface area contributed by atoms with Crippen LogP contribution in [0.3, 0.4) is 0 Å². The molecule has 0 spiro atoms. The predicted octanol–water partition coefficient (Wildman–Crippen LogP) is 2.48. The number of sulfone groups is 1. The zero-order valence-electron chi connectivity index (χ0n) is 16.2. The van der Waals surface area contributed by atoms with Crippen LogP contribution in [0.4, 0.5) is 0 Å². The van der Waals surface area contributed by atoms with Crippen LogP contribution in [0.25, 0.3) is 11.4 Å². The maximum atomic E-state index is 12.8. The summed E-state index contributed by atoms with van der Waals surface area (Å²) in [5.74, 6) is 1.21. The maximum Gasteiger partial charge on any atom is 0.233 e. The number of nitrogens with zero attached hydrogens (tertiary/aromatic N) is 4. The molecule has 1 aliphatic heterocycles. The zero-order chi connectivity index (χ0) is 20.1. The molecular weight excluding hydrogens is 396 g/mol. The molecular formula is C19H26N4O3S2. The van der Waals surface area contributed by atoms with E-state index in [-0.39, 0.29) is 29.2 Å². The second-order valence-corrected chi connectivity index (χ2v) is 10.0. The van der Waals surface area contributed by atoms with E-state index in [1.54, 1.807) is 4.90 Å². The summed E-state index contributed by atoms with van der Waals surface area (Å²) in [6.45, 7) is 5.30. The lowest BCUT2D eigenvalue weighted by Crippen LogP contribution is -2.42. The first-order chi connectivity index (χ1) is 13.4. The highest BCUT2D eigenvalue weighted by atomic mass is 32.2. The number of hydrogen-bond donors (Lipinski definition) is 0. The van der Waals surface area contributed by atoms with E-state index >= 15 is 0 Å². The molecule has 1 aromatic heterocycles. The van der Waals surface area contributed by atoms with Gasteiger partial charge in [-0.15, -0.1) is 10.2 Å². The molecule has 2 heterocycles. The molecule has 152 valence electrons. The first kappa shape index (κ1) is 20.9. The summed E-state index contributed by atoms with van der Waals surface area (Å²) in [7, 11) is -3.02. The van der Waals surface area contributed by atoms with Gasteiger partial charge in [0, 0.05) is 24.7 Å². The second-order valence-electron chi connectivity index (χ2n) is 6.85. The van der Waals surface area contributed by atoms with E-state index in [4.69, 9.17) is 0 Å². The minimum atomic E-state index is -3.02. The Bertz CT molecular complexity index is 913. The second kappa shape index (κ2) is 9.09. The van der Waals surface area contributed by atoms with Gasteiger partial charge in [0.15, 0.2) is 20.8 Å². The number of rotatable bonds is 8. The fourth-order valence-corrected chi connectivity index (χ4v) is 6.08. The van der Waals surface area contributed by atoms with Gasteiger partial charge < -0.3 is 9.47 Å². The molecule has 1 atom stereocenters. The van der Waals surface area contributed by atoms with Crippen LogP contribution in [0, 0.1) is 0 Å². The third-order valence-electron chi connectivity index (χ3n) is 4.82. The van der Waals surface area contributed by atoms with Gasteiger partial charge in [-0.2, -0.15) is 0 Å². The van der Waals surface area contributed by atoms with Crippen LogP contribution in [0.2, 0.25) is 0 Å². The molecule has 0 unspecified atom stereocenters. The molecule has 0 N–H and O–H groups in total. The van der Waals surface area contributed by atoms with Crippen LogP contribution in [0.15, 0.2) is 35.5 Å². The van der Waals surface area contributed by atoms with Gasteiger partial charge in [-0.3, -0.25) is 4.79 Å². The van der Waals surface area contributed by atoms with Crippen molar-refractivity contribution in [2.75, 3.05) is 23.8 Å². The third kappa shape index (κ3) is 4.75. The lowest BCUT2D eigenvalue weighted by molar-refractivity contribution is -0.130. The summed E-state index contributed by atoms with van der Waals surface area (Å²) in [6, 6.07) is 9.63. The van der Waals surface area contributed by atoms with Crippen molar-refractivity contribution in [2.24, 2.45) is 0 Å². The molecule has 3 rings (SSSR count). The number of hydrogen-bond acceptors (Lipinski definition) is 6. The van der Waals surface area contributed by atoms with E-state index in [9.17, 15) is 13.2 Å². The van der Waals surface area contributed by atoms with Crippen LogP contribution in [-0.4, -0.2) is 63.8 Å². The van der Waals surface area contributed by atoms with Crippen LogP contribution in [0.1, 0.15) is 26.7 Å². The minimum absolute atomic E-state index is 0.0409. The third-order valence-corrected chi connectivity index (χ3v) is 7.53. The van der Waals surface area contributed by atoms with Crippen molar-refractivity contribution >= 4 is 27.5 Å². The molecule has 28 heavy (non-hydrogen) atoms. The smallest absolute Gasteiger partial charge is 0.233 e. The zero-order valence-corrected chi connectivity index (χ0v) is 17.9. The molecule has 9 heteroatoms. The van der Waals surface area contributed by atoms with Crippen molar-refractivity contribution in [2.45, 2.75) is 44.4 Å². The van der Waals surface area contributed by atoms with Gasteiger partial charge in [0.2, 0.25) is 5.91 Å². The maximum absolute atomic E-state index is 12.8. The Morgan fingerprint density at radius 3 is 2.61 bits per heavy atom. The minimum Gasteiger partial charge on any atom is -0.338 e. The molecule has 2 aromatic rings. The van der Waals surface area contributed by atoms with Crippen molar-refractivity contribution in [1.82, 2.24) is 19.7 Å². The van der Waals surface area contributed by atoms with Crippen molar-refractivity contribution < 1.29 is 13.2 Å². The monoisotopic (exact) mass is 422 g/mol. The summed E-state index contributed by atoms with van der Waals surface area (Å²) in [6.07, 6.45) is 1.33. The normalized spacial score (nSPS) is 18.3. The highest BCUT2D eigenvalue weighted by molar-refractivity contribution is 7.99. The molecule has 0 saturated carbocycles. The Kier molecular flexibility index (Phi) is 6.77. The predicted molar refractivity (Wildman–Crippen MR) is 111 cm³/mol. The summed E-state index contributed by atoms with van der Waals surface area (Å²) >= 11 is 1.36. The molecule has 0 radical (unpaired) electrons. The van der Waals surface area contributed by atoms with Crippen molar-refractivity contribution in [3.05, 3.63) is 30.3 Å². The molecule has 1 saturated heterocycles. The highest BCUT2D eigenvalue weighted by Crippen LogP contribution is 2.25. The van der Waals surface area contributed by atoms with E-state index in [1.807, 2.05) is 48.7 Å². The molecule has 7 nitrogen and oxygen atoms in total. The average Bonchev–Trinajstić information content (AvgIpc) is 3.27. The average molecular weight is 423 g/mol. The molecule has 0 aliphatic carbocycles. The lowest BCUT2D eigenvalue weighted by atomic mass is 10.2. The quantitative estimate of drug-likeness (QED) is 0.608. The van der Waals surface area contributed by atoms with Gasteiger partial charge in [0.25, 0.3) is 0 Å². The number of benzene rings is 1. The first-order valence-electron chi connectivity index (χ1n) is 9.56. The Morgan fingerprint density at radius 1 is 1.25 bits per heavy atom. The molecule has 1 aromatic carbocycles. The summed E-state index contributed by atoms with van der Waals surface area (Å²) < 4.78 is 25.6. The van der Waals surface area contributed by atoms with E-state index in [0.717, 1.165) is 17.8 Å². The Hall–Kier alpha value is -1.87. The van der Waals surface area contributed by atoms with E-state index in [1.165, 1.54) is 11.8 Å². The van der Waals surface area contributed by atoms with Gasteiger partial charge in [-0.25, -0.2) is 8.42 Å². The molecule has 1 aliphatic rings. The van der Waals surface area contributed by atoms with E-state index < -0.39 is 9.84 Å². The van der Waals surface area contributed by atoms with Crippen molar-refractivity contribution in [3.8, 4) is 11.4 Å². The van der Waals surface area contributed by atoms with Gasteiger partial charge in [-0.05, 0) is 19.8 Å². The van der Waals surface area contributed by atoms with E-state index in [2.05, 4.69) is 10.2 Å². The molecule has 1 fully saturated rings. The lowest BCUT2D eigenvalue weighted by Gasteiger charge is -2.27. The Balaban J connectivity index is 1.70. The number of carbonyl (C=O) groups is 1. The number of amides is 1. The molecule has 1 amide bonds. The van der Waals surface area contributed by atoms with Gasteiger partial charge in [-0.1, -0.05) is 49.0 Å². The Morgan fingerprint density at radius 2 is 2.00 bits per heavy atom. The fourth-order valence-electron chi connectivity index (χ4n) is 3.46. The van der Waals surface area contributed by atoms with Gasteiger partial charge in [0.1, 0.15) is 0 Å². The first-order valence-corrected chi connectivity index (χ1v) is 12.4. The van der Waals surface area contributed by atoms with Crippen molar-refractivity contribution in [1.29, 1.82) is 0 Å². The van der Waals surface area contributed by atoms with Crippen LogP contribution in [-0.2, 0) is 21.2 Å². The van der Waals surface area contributed by atoms with Gasteiger partial charge >= 0.3 is 0 Å². The highest BCUT2D eigenvalue weighted by Gasteiger charge is 2.34. The van der Waals surface area contributed by atoms with E-state index in [0.29, 0.717) is 24.7 Å². The topological polar surface area (TPSA) is 85.2 Å². The number of carbonyl (C=O) groups excluding carboxylic acids is 1. The standard InChI is InChI=1S/C19H26N4O3S2/c1-3-11-23(16-10-12-28(25,26)14-16)17(24)13-27-19-21-20-18(22(19)4-2)15-8-6-5-7-9-15/h5-9,16H,3-4,10-14H2,1-2H3/t16-/m1/s1. The summed E-state index contributed by atoms with van der Waals surface area (Å²) in [5.41, 5.74) is 0.985. The Labute approximate surface area is 170 Å². The number of thioether (sulfide) groups is 1. The van der Waals surface area contributed by atoms with Crippen LogP contribution >= 0.6 is 11.8 Å². The van der Waals surface area contributed by atoms with Crippen LogP contribution < -0.4 is 0 Å². The molecule has 0 bridgehead atoms. The van der Waals surface area contributed by atoms with Gasteiger partial charge in [0.05, 0.1) is 17.3 Å². The summed E-state index contributed by atoms with van der Waals surface area (Å²) in [4.78, 5) is 14.6. The summed E-state index contributed by atoms with van der Waals surface area (Å²) in [5, 5.41) is 9.27. The SMILES string of the molecule is CCCN(C(=O)CSc1nnc(-c2ccccc2)n1CC)[C@@H]1CCS(=O)(=O)C1. The fraction of sp³-hybridized carbons (Fsp3) is 0.526. The largest absolute Gasteiger partial charge is 0.338 e.